The van der Waals surface area contributed by atoms with E-state index in [-0.39, 0.29) is 16.7 Å². The monoisotopic (exact) mass is 259 g/mol. The summed E-state index contributed by atoms with van der Waals surface area (Å²) in [6.07, 6.45) is 0. The standard InChI is InChI=1S/C14H10FNO3/c15-10-4-5-11(14(18)19)12(7-10)8-2-1-3-9(6-8)13(16)17/h1-7H,(H2,16,17)(H,18,19). The van der Waals surface area contributed by atoms with Crippen LogP contribution in [0.4, 0.5) is 4.39 Å². The number of benzene rings is 2. The molecule has 0 aromatic heterocycles. The van der Waals surface area contributed by atoms with Crippen LogP contribution in [0.1, 0.15) is 20.7 Å². The second kappa shape index (κ2) is 4.89. The van der Waals surface area contributed by atoms with Crippen LogP contribution in [0.5, 0.6) is 0 Å². The Bertz CT molecular complexity index is 667. The third-order valence-electron chi connectivity index (χ3n) is 2.67. The van der Waals surface area contributed by atoms with Gasteiger partial charge in [-0.25, -0.2) is 9.18 Å². The average Bonchev–Trinajstić information content (AvgIpc) is 2.38. The van der Waals surface area contributed by atoms with Gasteiger partial charge in [0.25, 0.3) is 0 Å². The highest BCUT2D eigenvalue weighted by Gasteiger charge is 2.13. The molecule has 0 saturated heterocycles. The Kier molecular flexibility index (Phi) is 3.29. The maximum atomic E-state index is 13.3. The molecule has 0 saturated carbocycles. The van der Waals surface area contributed by atoms with E-state index in [2.05, 4.69) is 0 Å². The molecule has 2 rings (SSSR count). The van der Waals surface area contributed by atoms with Crippen molar-refractivity contribution in [3.8, 4) is 11.1 Å². The van der Waals surface area contributed by atoms with Crippen molar-refractivity contribution in [1.29, 1.82) is 0 Å². The molecule has 4 nitrogen and oxygen atoms in total. The number of primary amides is 1. The highest BCUT2D eigenvalue weighted by molar-refractivity contribution is 5.98. The zero-order valence-electron chi connectivity index (χ0n) is 9.76. The number of hydrogen-bond acceptors (Lipinski definition) is 2. The number of aromatic carboxylic acids is 1. The predicted octanol–water partition coefficient (Wildman–Crippen LogP) is 2.29. The molecule has 0 radical (unpaired) electrons. The number of carboxylic acid groups (broad SMARTS) is 1. The van der Waals surface area contributed by atoms with Crippen LogP contribution >= 0.6 is 0 Å². The number of rotatable bonds is 3. The third-order valence-corrected chi connectivity index (χ3v) is 2.67. The summed E-state index contributed by atoms with van der Waals surface area (Å²) in [6, 6.07) is 9.47. The molecular formula is C14H10FNO3. The maximum absolute atomic E-state index is 13.3. The van der Waals surface area contributed by atoms with Crippen LogP contribution in [0.3, 0.4) is 0 Å². The normalized spacial score (nSPS) is 10.2. The molecule has 2 aromatic carbocycles. The number of carboxylic acids is 1. The molecule has 0 fully saturated rings. The van der Waals surface area contributed by atoms with E-state index >= 15 is 0 Å². The highest BCUT2D eigenvalue weighted by atomic mass is 19.1. The van der Waals surface area contributed by atoms with Gasteiger partial charge >= 0.3 is 5.97 Å². The Balaban J connectivity index is 2.64. The molecule has 0 heterocycles. The second-order valence-electron chi connectivity index (χ2n) is 3.94. The molecule has 0 unspecified atom stereocenters. The first-order valence-electron chi connectivity index (χ1n) is 5.42. The van der Waals surface area contributed by atoms with Gasteiger partial charge in [0, 0.05) is 5.56 Å². The van der Waals surface area contributed by atoms with Crippen molar-refractivity contribution in [2.75, 3.05) is 0 Å². The van der Waals surface area contributed by atoms with Crippen molar-refractivity contribution >= 4 is 11.9 Å². The molecule has 3 N–H and O–H groups in total. The van der Waals surface area contributed by atoms with Crippen LogP contribution < -0.4 is 5.73 Å². The minimum atomic E-state index is -1.17. The van der Waals surface area contributed by atoms with Crippen molar-refractivity contribution in [1.82, 2.24) is 0 Å². The van der Waals surface area contributed by atoms with Crippen molar-refractivity contribution in [2.24, 2.45) is 5.73 Å². The fraction of sp³-hybridized carbons (Fsp3) is 0. The van der Waals surface area contributed by atoms with Gasteiger partial charge in [-0.3, -0.25) is 4.79 Å². The summed E-state index contributed by atoms with van der Waals surface area (Å²) in [7, 11) is 0. The minimum absolute atomic E-state index is 0.0389. The topological polar surface area (TPSA) is 80.4 Å². The van der Waals surface area contributed by atoms with Crippen LogP contribution in [-0.4, -0.2) is 17.0 Å². The predicted molar refractivity (Wildman–Crippen MR) is 67.3 cm³/mol. The number of amides is 1. The molecule has 19 heavy (non-hydrogen) atoms. The molecule has 5 heteroatoms. The van der Waals surface area contributed by atoms with Gasteiger partial charge in [-0.1, -0.05) is 12.1 Å². The van der Waals surface area contributed by atoms with Crippen LogP contribution in [0, 0.1) is 5.82 Å². The van der Waals surface area contributed by atoms with E-state index in [0.29, 0.717) is 5.56 Å². The van der Waals surface area contributed by atoms with Gasteiger partial charge in [0.2, 0.25) is 5.91 Å². The lowest BCUT2D eigenvalue weighted by Crippen LogP contribution is -2.10. The van der Waals surface area contributed by atoms with Gasteiger partial charge in [0.1, 0.15) is 5.82 Å². The fourth-order valence-electron chi connectivity index (χ4n) is 1.78. The maximum Gasteiger partial charge on any atom is 0.336 e. The summed E-state index contributed by atoms with van der Waals surface area (Å²) in [5.74, 6) is -2.35. The Morgan fingerprint density at radius 2 is 1.84 bits per heavy atom. The molecular weight excluding hydrogens is 249 g/mol. The number of carbonyl (C=O) groups is 2. The van der Waals surface area contributed by atoms with Crippen molar-refractivity contribution in [2.45, 2.75) is 0 Å². The van der Waals surface area contributed by atoms with E-state index < -0.39 is 17.7 Å². The number of halogens is 1. The van der Waals surface area contributed by atoms with Gasteiger partial charge in [-0.05, 0) is 41.5 Å². The lowest BCUT2D eigenvalue weighted by Gasteiger charge is -2.07. The smallest absolute Gasteiger partial charge is 0.336 e. The van der Waals surface area contributed by atoms with Gasteiger partial charge < -0.3 is 10.8 Å². The first-order valence-corrected chi connectivity index (χ1v) is 5.42. The van der Waals surface area contributed by atoms with Crippen molar-refractivity contribution < 1.29 is 19.1 Å². The second-order valence-corrected chi connectivity index (χ2v) is 3.94. The van der Waals surface area contributed by atoms with E-state index in [0.717, 1.165) is 12.1 Å². The van der Waals surface area contributed by atoms with Crippen LogP contribution in [0.25, 0.3) is 11.1 Å². The minimum Gasteiger partial charge on any atom is -0.478 e. The summed E-state index contributed by atoms with van der Waals surface area (Å²) >= 11 is 0. The first kappa shape index (κ1) is 12.8. The van der Waals surface area contributed by atoms with Crippen molar-refractivity contribution in [3.05, 3.63) is 59.4 Å². The summed E-state index contributed by atoms with van der Waals surface area (Å²) in [6.45, 7) is 0. The van der Waals surface area contributed by atoms with Crippen LogP contribution in [0.15, 0.2) is 42.5 Å². The van der Waals surface area contributed by atoms with Gasteiger partial charge in [0.05, 0.1) is 5.56 Å². The Hall–Kier alpha value is -2.69. The molecule has 0 aliphatic carbocycles. The molecule has 1 amide bonds. The molecule has 0 bridgehead atoms. The van der Waals surface area contributed by atoms with Gasteiger partial charge in [-0.15, -0.1) is 0 Å². The zero-order valence-corrected chi connectivity index (χ0v) is 9.76. The summed E-state index contributed by atoms with van der Waals surface area (Å²) in [5, 5.41) is 9.08. The molecule has 0 atom stereocenters. The number of hydrogen-bond donors (Lipinski definition) is 2. The highest BCUT2D eigenvalue weighted by Crippen LogP contribution is 2.25. The molecule has 96 valence electrons. The molecule has 0 aliphatic rings. The largest absolute Gasteiger partial charge is 0.478 e. The van der Waals surface area contributed by atoms with Gasteiger partial charge in [-0.2, -0.15) is 0 Å². The lowest BCUT2D eigenvalue weighted by molar-refractivity contribution is 0.0697. The van der Waals surface area contributed by atoms with E-state index in [1.807, 2.05) is 0 Å². The van der Waals surface area contributed by atoms with E-state index in [9.17, 15) is 14.0 Å². The summed E-state index contributed by atoms with van der Waals surface area (Å²) < 4.78 is 13.3. The lowest BCUT2D eigenvalue weighted by atomic mass is 9.98. The SMILES string of the molecule is NC(=O)c1cccc(-c2cc(F)ccc2C(=O)O)c1. The molecule has 0 aliphatic heterocycles. The number of carbonyl (C=O) groups excluding carboxylic acids is 1. The average molecular weight is 259 g/mol. The summed E-state index contributed by atoms with van der Waals surface area (Å²) in [5.41, 5.74) is 5.98. The fourth-order valence-corrected chi connectivity index (χ4v) is 1.78. The summed E-state index contributed by atoms with van der Waals surface area (Å²) in [4.78, 5) is 22.2. The van der Waals surface area contributed by atoms with Crippen molar-refractivity contribution in [3.63, 3.8) is 0 Å². The van der Waals surface area contributed by atoms with E-state index in [4.69, 9.17) is 10.8 Å². The quantitative estimate of drug-likeness (QED) is 0.887. The third kappa shape index (κ3) is 2.60. The van der Waals surface area contributed by atoms with Gasteiger partial charge in [0.15, 0.2) is 0 Å². The first-order chi connectivity index (χ1) is 8.99. The molecule has 0 spiro atoms. The zero-order chi connectivity index (χ0) is 14.0. The Morgan fingerprint density at radius 1 is 1.11 bits per heavy atom. The molecule has 2 aromatic rings. The Labute approximate surface area is 108 Å². The van der Waals surface area contributed by atoms with Crippen LogP contribution in [0.2, 0.25) is 0 Å². The Morgan fingerprint density at radius 3 is 2.47 bits per heavy atom. The van der Waals surface area contributed by atoms with E-state index in [1.165, 1.54) is 18.2 Å². The van der Waals surface area contributed by atoms with E-state index in [1.54, 1.807) is 12.1 Å². The number of nitrogens with two attached hydrogens (primary N) is 1. The van der Waals surface area contributed by atoms with Crippen LogP contribution in [-0.2, 0) is 0 Å².